The normalized spacial score (nSPS) is 17.4. The Hall–Kier alpha value is -2.04. The van der Waals surface area contributed by atoms with E-state index in [9.17, 15) is 4.79 Å². The van der Waals surface area contributed by atoms with Gasteiger partial charge < -0.3 is 14.4 Å². The molecule has 0 N–H and O–H groups in total. The van der Waals surface area contributed by atoms with Gasteiger partial charge in [0.05, 0.1) is 19.8 Å². The summed E-state index contributed by atoms with van der Waals surface area (Å²) in [5, 5.41) is 0.709. The zero-order chi connectivity index (χ0) is 17.6. The summed E-state index contributed by atoms with van der Waals surface area (Å²) in [6.07, 6.45) is 1.96. The van der Waals surface area contributed by atoms with Crippen LogP contribution in [0.2, 0.25) is 5.02 Å². The minimum atomic E-state index is 0.0405. The lowest BCUT2D eigenvalue weighted by atomic mass is 10.1. The summed E-state index contributed by atoms with van der Waals surface area (Å²) in [4.78, 5) is 14.5. The number of hydrogen-bond acceptors (Lipinski definition) is 3. The van der Waals surface area contributed by atoms with Crippen LogP contribution in [0.5, 0.6) is 5.75 Å². The molecule has 0 spiro atoms. The number of rotatable bonds is 5. The minimum Gasteiger partial charge on any atom is -0.497 e. The molecule has 1 saturated heterocycles. The first-order valence-corrected chi connectivity index (χ1v) is 8.83. The molecule has 0 bridgehead atoms. The van der Waals surface area contributed by atoms with Gasteiger partial charge in [0.2, 0.25) is 0 Å². The number of hydrogen-bond donors (Lipinski definition) is 0. The maximum absolute atomic E-state index is 12.7. The molecule has 0 radical (unpaired) electrons. The second kappa shape index (κ2) is 8.37. The largest absolute Gasteiger partial charge is 0.497 e. The number of benzene rings is 2. The van der Waals surface area contributed by atoms with Crippen molar-refractivity contribution in [2.75, 3.05) is 20.2 Å². The lowest BCUT2D eigenvalue weighted by Gasteiger charge is -2.32. The molecule has 2 aromatic carbocycles. The highest BCUT2D eigenvalue weighted by molar-refractivity contribution is 6.30. The van der Waals surface area contributed by atoms with Crippen LogP contribution in [0.15, 0.2) is 48.5 Å². The molecule has 0 unspecified atom stereocenters. The minimum absolute atomic E-state index is 0.0405. The van der Waals surface area contributed by atoms with E-state index in [1.807, 2.05) is 41.3 Å². The predicted molar refractivity (Wildman–Crippen MR) is 98.2 cm³/mol. The topological polar surface area (TPSA) is 38.8 Å². The molecule has 1 heterocycles. The Bertz CT molecular complexity index is 717. The van der Waals surface area contributed by atoms with Crippen LogP contribution in [0, 0.1) is 0 Å². The van der Waals surface area contributed by atoms with Gasteiger partial charge in [0.25, 0.3) is 5.91 Å². The molecule has 5 heteroatoms. The van der Waals surface area contributed by atoms with Crippen molar-refractivity contribution in [1.82, 2.24) is 4.90 Å². The van der Waals surface area contributed by atoms with Gasteiger partial charge in [-0.05, 0) is 54.8 Å². The first-order chi connectivity index (χ1) is 12.2. The first-order valence-electron chi connectivity index (χ1n) is 8.45. The van der Waals surface area contributed by atoms with Crippen molar-refractivity contribution in [3.05, 3.63) is 64.7 Å². The zero-order valence-electron chi connectivity index (χ0n) is 14.3. The number of methoxy groups -OCH3 is 1. The van der Waals surface area contributed by atoms with Gasteiger partial charge in [-0.2, -0.15) is 0 Å². The van der Waals surface area contributed by atoms with Gasteiger partial charge in [0.1, 0.15) is 5.75 Å². The Morgan fingerprint density at radius 3 is 2.76 bits per heavy atom. The highest BCUT2D eigenvalue weighted by Gasteiger charge is 2.25. The summed E-state index contributed by atoms with van der Waals surface area (Å²) < 4.78 is 11.1. The third-order valence-corrected chi connectivity index (χ3v) is 4.61. The van der Waals surface area contributed by atoms with E-state index in [0.717, 1.165) is 30.7 Å². The van der Waals surface area contributed by atoms with Crippen LogP contribution >= 0.6 is 11.6 Å². The molecular weight excluding hydrogens is 338 g/mol. The molecule has 1 aliphatic heterocycles. The van der Waals surface area contributed by atoms with Crippen molar-refractivity contribution in [2.45, 2.75) is 25.6 Å². The average molecular weight is 360 g/mol. The number of carbonyl (C=O) groups excluding carboxylic acids is 1. The van der Waals surface area contributed by atoms with Gasteiger partial charge in [-0.3, -0.25) is 4.79 Å². The smallest absolute Gasteiger partial charge is 0.253 e. The number of carbonyl (C=O) groups is 1. The van der Waals surface area contributed by atoms with Gasteiger partial charge in [-0.15, -0.1) is 0 Å². The molecule has 1 fully saturated rings. The van der Waals surface area contributed by atoms with Crippen molar-refractivity contribution in [1.29, 1.82) is 0 Å². The molecule has 1 amide bonds. The SMILES string of the molecule is COc1ccc(C(=O)N2CCC[C@H](OCc3cccc(Cl)c3)C2)cc1. The number of halogens is 1. The van der Waals surface area contributed by atoms with Crippen LogP contribution in [0.3, 0.4) is 0 Å². The fraction of sp³-hybridized carbons (Fsp3) is 0.350. The van der Waals surface area contributed by atoms with Crippen molar-refractivity contribution < 1.29 is 14.3 Å². The summed E-state index contributed by atoms with van der Waals surface area (Å²) in [6, 6.07) is 14.9. The van der Waals surface area contributed by atoms with Gasteiger partial charge in [0, 0.05) is 23.7 Å². The second-order valence-electron chi connectivity index (χ2n) is 6.18. The van der Waals surface area contributed by atoms with E-state index in [0.29, 0.717) is 23.7 Å². The number of ether oxygens (including phenoxy) is 2. The maximum Gasteiger partial charge on any atom is 0.253 e. The van der Waals surface area contributed by atoms with Gasteiger partial charge in [0.15, 0.2) is 0 Å². The van der Waals surface area contributed by atoms with Gasteiger partial charge in [-0.1, -0.05) is 23.7 Å². The van der Waals surface area contributed by atoms with E-state index in [2.05, 4.69) is 0 Å². The Labute approximate surface area is 153 Å². The molecule has 4 nitrogen and oxygen atoms in total. The number of likely N-dealkylation sites (tertiary alicyclic amines) is 1. The second-order valence-corrected chi connectivity index (χ2v) is 6.62. The van der Waals surface area contributed by atoms with Gasteiger partial charge >= 0.3 is 0 Å². The Morgan fingerprint density at radius 2 is 2.04 bits per heavy atom. The summed E-state index contributed by atoms with van der Waals surface area (Å²) >= 11 is 6.00. The third-order valence-electron chi connectivity index (χ3n) is 4.38. The average Bonchev–Trinajstić information content (AvgIpc) is 2.66. The van der Waals surface area contributed by atoms with E-state index >= 15 is 0 Å². The van der Waals surface area contributed by atoms with Crippen LogP contribution in [-0.2, 0) is 11.3 Å². The van der Waals surface area contributed by atoms with Crippen molar-refractivity contribution in [3.63, 3.8) is 0 Å². The molecule has 0 aliphatic carbocycles. The Balaban J connectivity index is 1.57. The lowest BCUT2D eigenvalue weighted by Crippen LogP contribution is -2.43. The first kappa shape index (κ1) is 17.8. The van der Waals surface area contributed by atoms with Crippen molar-refractivity contribution in [2.24, 2.45) is 0 Å². The maximum atomic E-state index is 12.7. The summed E-state index contributed by atoms with van der Waals surface area (Å²) in [7, 11) is 1.61. The van der Waals surface area contributed by atoms with Crippen LogP contribution in [0.25, 0.3) is 0 Å². The number of piperidine rings is 1. The van der Waals surface area contributed by atoms with E-state index in [-0.39, 0.29) is 12.0 Å². The standard InChI is InChI=1S/C20H22ClNO3/c1-24-18-9-7-16(8-10-18)20(23)22-11-3-6-19(13-22)25-14-15-4-2-5-17(21)12-15/h2,4-5,7-10,12,19H,3,6,11,13-14H2,1H3/t19-/m0/s1. The fourth-order valence-corrected chi connectivity index (χ4v) is 3.23. The third kappa shape index (κ3) is 4.74. The highest BCUT2D eigenvalue weighted by atomic mass is 35.5. The van der Waals surface area contributed by atoms with E-state index in [4.69, 9.17) is 21.1 Å². The molecule has 25 heavy (non-hydrogen) atoms. The molecule has 1 aliphatic rings. The van der Waals surface area contributed by atoms with Crippen molar-refractivity contribution in [3.8, 4) is 5.75 Å². The molecule has 132 valence electrons. The summed E-state index contributed by atoms with van der Waals surface area (Å²) in [6.45, 7) is 1.89. The van der Waals surface area contributed by atoms with Crippen LogP contribution < -0.4 is 4.74 Å². The molecular formula is C20H22ClNO3. The Kier molecular flexibility index (Phi) is 5.95. The van der Waals surface area contributed by atoms with Crippen LogP contribution in [0.4, 0.5) is 0 Å². The molecule has 0 saturated carbocycles. The van der Waals surface area contributed by atoms with Crippen molar-refractivity contribution >= 4 is 17.5 Å². The predicted octanol–water partition coefficient (Wildman–Crippen LogP) is 4.17. The molecule has 2 aromatic rings. The number of amides is 1. The van der Waals surface area contributed by atoms with Gasteiger partial charge in [-0.25, -0.2) is 0 Å². The zero-order valence-corrected chi connectivity index (χ0v) is 15.0. The fourth-order valence-electron chi connectivity index (χ4n) is 3.02. The quantitative estimate of drug-likeness (QED) is 0.804. The molecule has 3 rings (SSSR count). The highest BCUT2D eigenvalue weighted by Crippen LogP contribution is 2.20. The number of nitrogens with zero attached hydrogens (tertiary/aromatic N) is 1. The van der Waals surface area contributed by atoms with Crippen LogP contribution in [-0.4, -0.2) is 37.1 Å². The summed E-state index contributed by atoms with van der Waals surface area (Å²) in [5.74, 6) is 0.789. The monoisotopic (exact) mass is 359 g/mol. The van der Waals surface area contributed by atoms with E-state index in [1.165, 1.54) is 0 Å². The lowest BCUT2D eigenvalue weighted by molar-refractivity contribution is -0.00672. The van der Waals surface area contributed by atoms with Crippen LogP contribution in [0.1, 0.15) is 28.8 Å². The summed E-state index contributed by atoms with van der Waals surface area (Å²) in [5.41, 5.74) is 1.72. The van der Waals surface area contributed by atoms with E-state index < -0.39 is 0 Å². The molecule has 1 atom stereocenters. The van der Waals surface area contributed by atoms with E-state index in [1.54, 1.807) is 19.2 Å². The molecule has 0 aromatic heterocycles. The Morgan fingerprint density at radius 1 is 1.24 bits per heavy atom.